The maximum Gasteiger partial charge on any atom is 0.343 e. The number of ether oxygens (including phenoxy) is 1. The summed E-state index contributed by atoms with van der Waals surface area (Å²) in [5, 5.41) is 17.5. The lowest BCUT2D eigenvalue weighted by Gasteiger charge is -2.16. The number of carbonyl (C=O) groups is 3. The first-order valence-electron chi connectivity index (χ1n) is 12.3. The van der Waals surface area contributed by atoms with Crippen molar-refractivity contribution in [1.29, 1.82) is 5.26 Å². The van der Waals surface area contributed by atoms with E-state index in [1.165, 1.54) is 12.1 Å². The van der Waals surface area contributed by atoms with Crippen LogP contribution in [0.3, 0.4) is 0 Å². The topological polar surface area (TPSA) is 120 Å². The quantitative estimate of drug-likeness (QED) is 0.194. The fourth-order valence-electron chi connectivity index (χ4n) is 4.19. The number of hydrogen-bond donors (Lipinski definition) is 3. The Bertz CT molecular complexity index is 1420. The summed E-state index contributed by atoms with van der Waals surface area (Å²) in [5.74, 6) is -2.23. The zero-order valence-electron chi connectivity index (χ0n) is 21.0. The van der Waals surface area contributed by atoms with Crippen molar-refractivity contribution in [3.63, 3.8) is 0 Å². The fourth-order valence-corrected chi connectivity index (χ4v) is 4.19. The Labute approximate surface area is 219 Å². The number of urea groups is 1. The number of carbonyl (C=O) groups excluding carboxylic acids is 3. The average Bonchev–Trinajstić information content (AvgIpc) is 3.67. The minimum atomic E-state index is -0.717. The van der Waals surface area contributed by atoms with Crippen LogP contribution >= 0.6 is 0 Å². The van der Waals surface area contributed by atoms with E-state index in [9.17, 15) is 14.4 Å². The summed E-state index contributed by atoms with van der Waals surface area (Å²) in [6.07, 6.45) is 0.548. The Morgan fingerprint density at radius 1 is 1.05 bits per heavy atom. The molecule has 0 aliphatic heterocycles. The second-order valence-corrected chi connectivity index (χ2v) is 8.85. The van der Waals surface area contributed by atoms with Crippen LogP contribution in [0.15, 0.2) is 60.7 Å². The van der Waals surface area contributed by atoms with E-state index in [0.717, 1.165) is 5.69 Å². The number of hydrogen-bond acceptors (Lipinski definition) is 6. The number of nitrogens with zero attached hydrogens (tertiary/aromatic N) is 1. The Morgan fingerprint density at radius 3 is 2.50 bits per heavy atom. The van der Waals surface area contributed by atoms with Gasteiger partial charge in [0, 0.05) is 41.9 Å². The molecular formula is C29H27FN4O4. The van der Waals surface area contributed by atoms with E-state index in [-0.39, 0.29) is 34.6 Å². The number of rotatable bonds is 9. The van der Waals surface area contributed by atoms with Gasteiger partial charge in [-0.1, -0.05) is 13.0 Å². The summed E-state index contributed by atoms with van der Waals surface area (Å²) in [7, 11) is 0. The molecule has 8 nitrogen and oxygen atoms in total. The van der Waals surface area contributed by atoms with Gasteiger partial charge in [0.2, 0.25) is 0 Å². The minimum Gasteiger partial charge on any atom is -0.422 e. The van der Waals surface area contributed by atoms with Crippen molar-refractivity contribution >= 4 is 29.2 Å². The smallest absolute Gasteiger partial charge is 0.343 e. The number of halogens is 1. The highest BCUT2D eigenvalue weighted by atomic mass is 19.1. The summed E-state index contributed by atoms with van der Waals surface area (Å²) >= 11 is 0. The molecule has 2 atom stereocenters. The van der Waals surface area contributed by atoms with Gasteiger partial charge >= 0.3 is 12.0 Å². The van der Waals surface area contributed by atoms with Crippen molar-refractivity contribution in [2.24, 2.45) is 0 Å². The van der Waals surface area contributed by atoms with Crippen molar-refractivity contribution < 1.29 is 23.5 Å². The molecule has 4 rings (SSSR count). The number of ketones is 1. The summed E-state index contributed by atoms with van der Waals surface area (Å²) in [4.78, 5) is 38.3. The number of nitriles is 1. The minimum absolute atomic E-state index is 0.0872. The molecule has 1 aliphatic rings. The van der Waals surface area contributed by atoms with Crippen LogP contribution in [-0.2, 0) is 0 Å². The number of nitrogens with one attached hydrogen (secondary N) is 3. The van der Waals surface area contributed by atoms with Gasteiger partial charge in [-0.15, -0.1) is 0 Å². The Kier molecular flexibility index (Phi) is 8.02. The molecule has 3 N–H and O–H groups in total. The van der Waals surface area contributed by atoms with Gasteiger partial charge in [-0.3, -0.25) is 4.79 Å². The lowest BCUT2D eigenvalue weighted by atomic mass is 9.99. The Morgan fingerprint density at radius 2 is 1.82 bits per heavy atom. The number of amides is 2. The van der Waals surface area contributed by atoms with Gasteiger partial charge < -0.3 is 20.7 Å². The normalized spacial score (nSPS) is 15.6. The molecule has 1 aliphatic carbocycles. The summed E-state index contributed by atoms with van der Waals surface area (Å²) in [6.45, 7) is 4.26. The van der Waals surface area contributed by atoms with Crippen molar-refractivity contribution in [1.82, 2.24) is 5.32 Å². The van der Waals surface area contributed by atoms with Crippen molar-refractivity contribution in [3.05, 3.63) is 88.7 Å². The first-order valence-corrected chi connectivity index (χ1v) is 12.3. The van der Waals surface area contributed by atoms with Crippen LogP contribution in [0.4, 0.5) is 20.6 Å². The predicted octanol–water partition coefficient (Wildman–Crippen LogP) is 5.62. The second-order valence-electron chi connectivity index (χ2n) is 8.85. The van der Waals surface area contributed by atoms with Gasteiger partial charge in [0.1, 0.15) is 11.6 Å². The third-order valence-electron chi connectivity index (χ3n) is 6.19. The van der Waals surface area contributed by atoms with E-state index in [1.54, 1.807) is 49.4 Å². The molecule has 38 heavy (non-hydrogen) atoms. The molecule has 1 fully saturated rings. The van der Waals surface area contributed by atoms with E-state index in [2.05, 4.69) is 16.0 Å². The van der Waals surface area contributed by atoms with Gasteiger partial charge in [-0.25, -0.2) is 14.0 Å². The van der Waals surface area contributed by atoms with Gasteiger partial charge in [0.05, 0.1) is 22.8 Å². The van der Waals surface area contributed by atoms with Gasteiger partial charge in [0.15, 0.2) is 5.78 Å². The van der Waals surface area contributed by atoms with Crippen LogP contribution in [0.2, 0.25) is 0 Å². The van der Waals surface area contributed by atoms with Gasteiger partial charge in [-0.2, -0.15) is 5.26 Å². The van der Waals surface area contributed by atoms with Crippen LogP contribution in [-0.4, -0.2) is 30.4 Å². The molecule has 9 heteroatoms. The van der Waals surface area contributed by atoms with E-state index in [0.29, 0.717) is 24.2 Å². The van der Waals surface area contributed by atoms with Crippen LogP contribution in [0.1, 0.15) is 64.4 Å². The van der Waals surface area contributed by atoms with E-state index in [4.69, 9.17) is 10.00 Å². The van der Waals surface area contributed by atoms with E-state index in [1.807, 2.05) is 19.1 Å². The standard InChI is InChI=1S/C29H27FN4O4/c1-3-25(35)21-12-13-23(30)26(27(21)38-28(36)18-6-5-7-20(14-18)32-4-2)22-15-24(22)34-29(37)33-19-10-8-17(16-31)9-11-19/h5-14,22,24,32H,3-4,15H2,1-2H3,(H2,33,34,37). The third-order valence-corrected chi connectivity index (χ3v) is 6.19. The Hall–Kier alpha value is -4.71. The first kappa shape index (κ1) is 26.4. The summed E-state index contributed by atoms with van der Waals surface area (Å²) in [5.41, 5.74) is 2.14. The maximum absolute atomic E-state index is 15.2. The Balaban J connectivity index is 1.55. The SMILES string of the molecule is CCNc1cccc(C(=O)Oc2c(C(=O)CC)ccc(F)c2C2CC2NC(=O)Nc2ccc(C#N)cc2)c1. The second kappa shape index (κ2) is 11.6. The van der Waals surface area contributed by atoms with Crippen LogP contribution in [0.25, 0.3) is 0 Å². The van der Waals surface area contributed by atoms with Crippen LogP contribution in [0.5, 0.6) is 5.75 Å². The van der Waals surface area contributed by atoms with Crippen molar-refractivity contribution in [2.75, 3.05) is 17.2 Å². The molecule has 3 aromatic rings. The molecule has 0 aromatic heterocycles. The molecule has 0 bridgehead atoms. The lowest BCUT2D eigenvalue weighted by molar-refractivity contribution is 0.0730. The number of anilines is 2. The molecular weight excluding hydrogens is 487 g/mol. The number of benzene rings is 3. The zero-order valence-corrected chi connectivity index (χ0v) is 21.0. The van der Waals surface area contributed by atoms with Crippen molar-refractivity contribution in [3.8, 4) is 11.8 Å². The highest BCUT2D eigenvalue weighted by molar-refractivity contribution is 6.01. The molecule has 0 heterocycles. The predicted molar refractivity (Wildman–Crippen MR) is 141 cm³/mol. The van der Waals surface area contributed by atoms with E-state index < -0.39 is 29.8 Å². The van der Waals surface area contributed by atoms with Gasteiger partial charge in [0.25, 0.3) is 0 Å². The summed E-state index contributed by atoms with van der Waals surface area (Å²) in [6, 6.07) is 16.7. The highest BCUT2D eigenvalue weighted by Gasteiger charge is 2.44. The zero-order chi connectivity index (χ0) is 27.2. The molecule has 2 amide bonds. The monoisotopic (exact) mass is 514 g/mol. The number of esters is 1. The highest BCUT2D eigenvalue weighted by Crippen LogP contribution is 2.47. The maximum atomic E-state index is 15.2. The largest absolute Gasteiger partial charge is 0.422 e. The van der Waals surface area contributed by atoms with E-state index >= 15 is 4.39 Å². The third kappa shape index (κ3) is 5.98. The molecule has 0 spiro atoms. The van der Waals surface area contributed by atoms with Crippen molar-refractivity contribution in [2.45, 2.75) is 38.6 Å². The molecule has 2 unspecified atom stereocenters. The van der Waals surface area contributed by atoms with Crippen LogP contribution < -0.4 is 20.7 Å². The van der Waals surface area contributed by atoms with Crippen LogP contribution in [0, 0.1) is 17.1 Å². The first-order chi connectivity index (χ1) is 18.3. The molecule has 0 saturated heterocycles. The van der Waals surface area contributed by atoms with Gasteiger partial charge in [-0.05, 0) is 67.9 Å². The molecule has 0 radical (unpaired) electrons. The summed E-state index contributed by atoms with van der Waals surface area (Å²) < 4.78 is 20.9. The fraction of sp³-hybridized carbons (Fsp3) is 0.241. The lowest BCUT2D eigenvalue weighted by Crippen LogP contribution is -2.31. The molecule has 194 valence electrons. The molecule has 3 aromatic carbocycles. The average molecular weight is 515 g/mol. The molecule has 1 saturated carbocycles. The number of Topliss-reactive ketones (excluding diaryl/α,β-unsaturated/α-hetero) is 1.